The number of pyridine rings is 1. The van der Waals surface area contributed by atoms with Crippen LogP contribution in [0, 0.1) is 0 Å². The molecule has 2 fully saturated rings. The number of amides is 1. The molecule has 1 N–H and O–H groups in total. The summed E-state index contributed by atoms with van der Waals surface area (Å²) in [5.41, 5.74) is 0.548. The molecule has 34 heavy (non-hydrogen) atoms. The molecule has 2 aromatic rings. The van der Waals surface area contributed by atoms with Crippen molar-refractivity contribution in [1.29, 1.82) is 0 Å². The molecule has 1 atom stereocenters. The SMILES string of the molecule is CN1CCN(c2ccc(NC(=O)C3CCCN3S(=O)(=O)c3ccc4c(c3)OCCO4)cn2)CC1. The molecule has 1 unspecified atom stereocenters. The molecule has 10 nitrogen and oxygen atoms in total. The molecular weight excluding hydrogens is 458 g/mol. The summed E-state index contributed by atoms with van der Waals surface area (Å²) in [6, 6.07) is 7.48. The number of carbonyl (C=O) groups is 1. The third-order valence-electron chi connectivity index (χ3n) is 6.47. The Kier molecular flexibility index (Phi) is 6.32. The van der Waals surface area contributed by atoms with Crippen molar-refractivity contribution in [3.63, 3.8) is 0 Å². The van der Waals surface area contributed by atoms with Gasteiger partial charge in [0.2, 0.25) is 15.9 Å². The normalized spacial score (nSPS) is 21.4. The zero-order valence-corrected chi connectivity index (χ0v) is 20.0. The number of hydrogen-bond donors (Lipinski definition) is 1. The van der Waals surface area contributed by atoms with Gasteiger partial charge in [0.05, 0.1) is 16.8 Å². The summed E-state index contributed by atoms with van der Waals surface area (Å²) in [4.78, 5) is 22.1. The topological polar surface area (TPSA) is 104 Å². The zero-order chi connectivity index (χ0) is 23.7. The van der Waals surface area contributed by atoms with Gasteiger partial charge in [0, 0.05) is 38.8 Å². The second-order valence-electron chi connectivity index (χ2n) is 8.76. The van der Waals surface area contributed by atoms with Crippen LogP contribution in [0.4, 0.5) is 11.5 Å². The number of aromatic nitrogens is 1. The van der Waals surface area contributed by atoms with Crippen LogP contribution in [0.25, 0.3) is 0 Å². The lowest BCUT2D eigenvalue weighted by atomic mass is 10.2. The number of rotatable bonds is 5. The van der Waals surface area contributed by atoms with E-state index in [1.165, 1.54) is 16.4 Å². The van der Waals surface area contributed by atoms with Crippen LogP contribution in [0.5, 0.6) is 11.5 Å². The highest BCUT2D eigenvalue weighted by Gasteiger charge is 2.40. The molecule has 0 saturated carbocycles. The Morgan fingerprint density at radius 3 is 2.53 bits per heavy atom. The number of anilines is 2. The molecular formula is C23H29N5O5S. The number of ether oxygens (including phenoxy) is 2. The monoisotopic (exact) mass is 487 g/mol. The Labute approximate surface area is 199 Å². The minimum Gasteiger partial charge on any atom is -0.486 e. The van der Waals surface area contributed by atoms with E-state index in [1.807, 2.05) is 12.1 Å². The molecule has 1 aromatic heterocycles. The number of likely N-dealkylation sites (N-methyl/N-ethyl adjacent to an activating group) is 1. The van der Waals surface area contributed by atoms with Crippen LogP contribution in [0.15, 0.2) is 41.4 Å². The van der Waals surface area contributed by atoms with E-state index in [1.54, 1.807) is 12.3 Å². The molecule has 4 heterocycles. The number of sulfonamides is 1. The molecule has 5 rings (SSSR count). The smallest absolute Gasteiger partial charge is 0.243 e. The Balaban J connectivity index is 1.27. The first-order valence-electron chi connectivity index (χ1n) is 11.5. The summed E-state index contributed by atoms with van der Waals surface area (Å²) in [7, 11) is -1.77. The van der Waals surface area contributed by atoms with E-state index < -0.39 is 16.1 Å². The first kappa shape index (κ1) is 22.9. The average Bonchev–Trinajstić information content (AvgIpc) is 3.36. The van der Waals surface area contributed by atoms with Crippen LogP contribution in [-0.4, -0.2) is 87.5 Å². The fourth-order valence-electron chi connectivity index (χ4n) is 4.52. The summed E-state index contributed by atoms with van der Waals surface area (Å²) in [6.45, 7) is 4.86. The molecule has 0 aliphatic carbocycles. The second-order valence-corrected chi connectivity index (χ2v) is 10.7. The van der Waals surface area contributed by atoms with E-state index in [0.717, 1.165) is 32.0 Å². The summed E-state index contributed by atoms with van der Waals surface area (Å²) in [6.07, 6.45) is 2.70. The third-order valence-corrected chi connectivity index (χ3v) is 8.37. The number of nitrogens with zero attached hydrogens (tertiary/aromatic N) is 4. The van der Waals surface area contributed by atoms with Crippen LogP contribution in [0.1, 0.15) is 12.8 Å². The largest absolute Gasteiger partial charge is 0.486 e. The molecule has 182 valence electrons. The molecule has 2 saturated heterocycles. The Hall–Kier alpha value is -2.89. The summed E-state index contributed by atoms with van der Waals surface area (Å²) in [5.74, 6) is 1.44. The minimum absolute atomic E-state index is 0.0923. The standard InChI is InChI=1S/C23H29N5O5S/c1-26-9-11-27(12-10-26)22-7-4-17(16-24-22)25-23(29)19-3-2-8-28(19)34(30,31)18-5-6-20-21(15-18)33-14-13-32-20/h4-7,15-16,19H,2-3,8-14H2,1H3,(H,25,29). The van der Waals surface area contributed by atoms with Gasteiger partial charge in [0.1, 0.15) is 25.1 Å². The maximum absolute atomic E-state index is 13.4. The molecule has 1 amide bonds. The first-order valence-corrected chi connectivity index (χ1v) is 13.0. The van der Waals surface area contributed by atoms with Gasteiger partial charge in [0.15, 0.2) is 11.5 Å². The van der Waals surface area contributed by atoms with Crippen molar-refractivity contribution < 1.29 is 22.7 Å². The molecule has 0 bridgehead atoms. The van der Waals surface area contributed by atoms with Crippen LogP contribution in [-0.2, 0) is 14.8 Å². The van der Waals surface area contributed by atoms with E-state index >= 15 is 0 Å². The maximum Gasteiger partial charge on any atom is 0.243 e. The number of piperazine rings is 1. The van der Waals surface area contributed by atoms with Gasteiger partial charge in [0.25, 0.3) is 0 Å². The Morgan fingerprint density at radius 1 is 1.03 bits per heavy atom. The van der Waals surface area contributed by atoms with Crippen molar-refractivity contribution in [3.8, 4) is 11.5 Å². The van der Waals surface area contributed by atoms with Gasteiger partial charge in [-0.1, -0.05) is 0 Å². The lowest BCUT2D eigenvalue weighted by molar-refractivity contribution is -0.119. The highest BCUT2D eigenvalue weighted by atomic mass is 32.2. The van der Waals surface area contributed by atoms with Crippen molar-refractivity contribution in [1.82, 2.24) is 14.2 Å². The lowest BCUT2D eigenvalue weighted by Crippen LogP contribution is -2.44. The fraction of sp³-hybridized carbons (Fsp3) is 0.478. The molecule has 11 heteroatoms. The van der Waals surface area contributed by atoms with Gasteiger partial charge in [-0.3, -0.25) is 4.79 Å². The van der Waals surface area contributed by atoms with Gasteiger partial charge in [-0.25, -0.2) is 13.4 Å². The Morgan fingerprint density at radius 2 is 1.79 bits per heavy atom. The van der Waals surface area contributed by atoms with Crippen LogP contribution < -0.4 is 19.7 Å². The highest BCUT2D eigenvalue weighted by Crippen LogP contribution is 2.35. The predicted molar refractivity (Wildman–Crippen MR) is 127 cm³/mol. The van der Waals surface area contributed by atoms with E-state index in [2.05, 4.69) is 27.1 Å². The van der Waals surface area contributed by atoms with E-state index in [9.17, 15) is 13.2 Å². The molecule has 1 aromatic carbocycles. The number of nitrogens with one attached hydrogen (secondary N) is 1. The lowest BCUT2D eigenvalue weighted by Gasteiger charge is -2.33. The van der Waals surface area contributed by atoms with Gasteiger partial charge in [-0.15, -0.1) is 0 Å². The molecule has 3 aliphatic heterocycles. The molecule has 0 spiro atoms. The molecule has 0 radical (unpaired) electrons. The van der Waals surface area contributed by atoms with Crippen LogP contribution in [0.2, 0.25) is 0 Å². The van der Waals surface area contributed by atoms with Crippen LogP contribution >= 0.6 is 0 Å². The number of fused-ring (bicyclic) bond motifs is 1. The number of carbonyl (C=O) groups excluding carboxylic acids is 1. The Bertz CT molecular complexity index is 1150. The van der Waals surface area contributed by atoms with Gasteiger partial charge >= 0.3 is 0 Å². The van der Waals surface area contributed by atoms with E-state index in [0.29, 0.717) is 43.2 Å². The summed E-state index contributed by atoms with van der Waals surface area (Å²) >= 11 is 0. The second kappa shape index (κ2) is 9.40. The predicted octanol–water partition coefficient (Wildman–Crippen LogP) is 1.40. The van der Waals surface area contributed by atoms with Crippen molar-refractivity contribution in [3.05, 3.63) is 36.5 Å². The minimum atomic E-state index is -3.87. The zero-order valence-electron chi connectivity index (χ0n) is 19.1. The summed E-state index contributed by atoms with van der Waals surface area (Å²) in [5, 5.41) is 2.85. The van der Waals surface area contributed by atoms with Gasteiger partial charge in [-0.2, -0.15) is 4.31 Å². The molecule has 3 aliphatic rings. The van der Waals surface area contributed by atoms with E-state index in [4.69, 9.17) is 9.47 Å². The maximum atomic E-state index is 13.4. The summed E-state index contributed by atoms with van der Waals surface area (Å²) < 4.78 is 39.0. The van der Waals surface area contributed by atoms with Crippen molar-refractivity contribution in [2.75, 3.05) is 63.2 Å². The fourth-order valence-corrected chi connectivity index (χ4v) is 6.19. The van der Waals surface area contributed by atoms with Crippen LogP contribution in [0.3, 0.4) is 0 Å². The number of benzene rings is 1. The highest BCUT2D eigenvalue weighted by molar-refractivity contribution is 7.89. The van der Waals surface area contributed by atoms with E-state index in [-0.39, 0.29) is 17.3 Å². The van der Waals surface area contributed by atoms with Gasteiger partial charge in [-0.05, 0) is 44.2 Å². The quantitative estimate of drug-likeness (QED) is 0.675. The van der Waals surface area contributed by atoms with Crippen molar-refractivity contribution in [2.24, 2.45) is 0 Å². The third kappa shape index (κ3) is 4.55. The van der Waals surface area contributed by atoms with Crippen molar-refractivity contribution in [2.45, 2.75) is 23.8 Å². The first-order chi connectivity index (χ1) is 16.4. The average molecular weight is 488 g/mol. The number of hydrogen-bond acceptors (Lipinski definition) is 8. The van der Waals surface area contributed by atoms with Crippen molar-refractivity contribution >= 4 is 27.4 Å². The van der Waals surface area contributed by atoms with Gasteiger partial charge < -0.3 is 24.6 Å².